The molecule has 6 heteroatoms. The molecule has 0 radical (unpaired) electrons. The average molecular weight is 422 g/mol. The van der Waals surface area contributed by atoms with Crippen molar-refractivity contribution in [3.8, 4) is 11.5 Å². The Morgan fingerprint density at radius 2 is 1.77 bits per heavy atom. The number of ether oxygens (including phenoxy) is 5. The molecule has 31 heavy (non-hydrogen) atoms. The first-order valence-corrected chi connectivity index (χ1v) is 10.6. The second-order valence-electron chi connectivity index (χ2n) is 8.83. The number of fused-ring (bicyclic) bond motifs is 2. The lowest BCUT2D eigenvalue weighted by molar-refractivity contribution is -0.260. The molecule has 0 bridgehead atoms. The summed E-state index contributed by atoms with van der Waals surface area (Å²) in [7, 11) is 0. The van der Waals surface area contributed by atoms with Crippen LogP contribution in [0.2, 0.25) is 0 Å². The van der Waals surface area contributed by atoms with Gasteiger partial charge in [-0.1, -0.05) is 37.3 Å². The third-order valence-electron chi connectivity index (χ3n) is 6.62. The van der Waals surface area contributed by atoms with Gasteiger partial charge in [0, 0.05) is 23.1 Å². The van der Waals surface area contributed by atoms with Crippen molar-refractivity contribution in [3.63, 3.8) is 0 Å². The van der Waals surface area contributed by atoms with Crippen molar-refractivity contribution in [1.82, 2.24) is 0 Å². The molecule has 3 aliphatic heterocycles. The van der Waals surface area contributed by atoms with Gasteiger partial charge in [0.25, 0.3) is 0 Å². The van der Waals surface area contributed by atoms with E-state index in [4.69, 9.17) is 23.7 Å². The van der Waals surface area contributed by atoms with Gasteiger partial charge in [0.15, 0.2) is 6.10 Å². The van der Waals surface area contributed by atoms with Crippen LogP contribution in [0.15, 0.2) is 48.5 Å². The van der Waals surface area contributed by atoms with E-state index < -0.39 is 30.3 Å². The molecule has 162 valence electrons. The summed E-state index contributed by atoms with van der Waals surface area (Å²) >= 11 is 0. The van der Waals surface area contributed by atoms with Crippen LogP contribution in [-0.2, 0) is 14.2 Å². The predicted molar refractivity (Wildman–Crippen MR) is 115 cm³/mol. The minimum atomic E-state index is -0.763. The molecule has 6 nitrogen and oxygen atoms in total. The van der Waals surface area contributed by atoms with E-state index in [1.165, 1.54) is 11.1 Å². The van der Waals surface area contributed by atoms with E-state index in [9.17, 15) is 4.79 Å². The highest BCUT2D eigenvalue weighted by Gasteiger charge is 2.56. The normalized spacial score (nSPS) is 28.7. The summed E-state index contributed by atoms with van der Waals surface area (Å²) in [5.41, 5.74) is 4.01. The zero-order valence-corrected chi connectivity index (χ0v) is 18.1. The van der Waals surface area contributed by atoms with E-state index in [0.29, 0.717) is 12.4 Å². The minimum Gasteiger partial charge on any atom is -0.488 e. The van der Waals surface area contributed by atoms with Crippen molar-refractivity contribution in [3.05, 3.63) is 59.7 Å². The Morgan fingerprint density at radius 1 is 1.03 bits per heavy atom. The fourth-order valence-electron chi connectivity index (χ4n) is 4.44. The van der Waals surface area contributed by atoms with Gasteiger partial charge in [-0.3, -0.25) is 0 Å². The maximum atomic E-state index is 11.8. The molecule has 0 aliphatic carbocycles. The summed E-state index contributed by atoms with van der Waals surface area (Å²) in [5, 5.41) is 0. The molecule has 4 unspecified atom stereocenters. The molecule has 0 spiro atoms. The van der Waals surface area contributed by atoms with Crippen molar-refractivity contribution in [2.45, 2.75) is 51.8 Å². The number of rotatable bonds is 3. The van der Waals surface area contributed by atoms with Crippen molar-refractivity contribution >= 4 is 17.3 Å². The average Bonchev–Trinajstić information content (AvgIpc) is 3.15. The molecule has 3 aliphatic rings. The molecule has 4 atom stereocenters. The van der Waals surface area contributed by atoms with Gasteiger partial charge in [0.2, 0.25) is 12.4 Å². The molecule has 2 fully saturated rings. The van der Waals surface area contributed by atoms with Crippen LogP contribution < -0.4 is 9.47 Å². The van der Waals surface area contributed by atoms with Crippen molar-refractivity contribution in [2.75, 3.05) is 6.61 Å². The maximum absolute atomic E-state index is 11.8. The largest absolute Gasteiger partial charge is 0.509 e. The SMILES string of the molecule is CC1=C(c2ccccc2)COc2cc(OC3OC(C)(C)C(C)C4OC(=O)OC34)ccc21. The zero-order valence-electron chi connectivity index (χ0n) is 18.1. The molecule has 5 rings (SSSR count). The Hall–Kier alpha value is -2.99. The number of benzene rings is 2. The third-order valence-corrected chi connectivity index (χ3v) is 6.62. The first-order chi connectivity index (χ1) is 14.8. The lowest BCUT2D eigenvalue weighted by Crippen LogP contribution is -2.58. The summed E-state index contributed by atoms with van der Waals surface area (Å²) in [5.74, 6) is 1.32. The van der Waals surface area contributed by atoms with Gasteiger partial charge < -0.3 is 23.7 Å². The predicted octanol–water partition coefficient (Wildman–Crippen LogP) is 5.06. The number of carbonyl (C=O) groups excluding carboxylic acids is 1. The second-order valence-corrected chi connectivity index (χ2v) is 8.83. The van der Waals surface area contributed by atoms with Crippen molar-refractivity contribution < 1.29 is 28.5 Å². The van der Waals surface area contributed by atoms with Gasteiger partial charge in [-0.05, 0) is 44.0 Å². The molecule has 0 amide bonds. The molecule has 0 N–H and O–H groups in total. The van der Waals surface area contributed by atoms with Crippen LogP contribution in [0.4, 0.5) is 4.79 Å². The summed E-state index contributed by atoms with van der Waals surface area (Å²) in [6.45, 7) is 8.52. The van der Waals surface area contributed by atoms with E-state index >= 15 is 0 Å². The number of carbonyl (C=O) groups is 1. The quantitative estimate of drug-likeness (QED) is 0.644. The van der Waals surface area contributed by atoms with E-state index in [1.54, 1.807) is 0 Å². The van der Waals surface area contributed by atoms with Gasteiger partial charge in [0.05, 0.1) is 5.60 Å². The van der Waals surface area contributed by atoms with Gasteiger partial charge in [0.1, 0.15) is 18.1 Å². The van der Waals surface area contributed by atoms with Gasteiger partial charge in [-0.2, -0.15) is 0 Å². The van der Waals surface area contributed by atoms with E-state index in [-0.39, 0.29) is 5.92 Å². The van der Waals surface area contributed by atoms with Gasteiger partial charge >= 0.3 is 6.16 Å². The lowest BCUT2D eigenvalue weighted by Gasteiger charge is -2.44. The molecule has 2 aromatic carbocycles. The number of hydrogen-bond acceptors (Lipinski definition) is 6. The highest BCUT2D eigenvalue weighted by atomic mass is 16.8. The molecular formula is C25H26O6. The Bertz CT molecular complexity index is 1040. The smallest absolute Gasteiger partial charge is 0.488 e. The monoisotopic (exact) mass is 422 g/mol. The first kappa shape index (κ1) is 19.9. The molecule has 0 saturated carbocycles. The summed E-state index contributed by atoms with van der Waals surface area (Å²) in [4.78, 5) is 11.8. The van der Waals surface area contributed by atoms with Crippen LogP contribution >= 0.6 is 0 Å². The molecule has 2 aromatic rings. The van der Waals surface area contributed by atoms with E-state index in [1.807, 2.05) is 57.2 Å². The topological polar surface area (TPSA) is 63.2 Å². The second kappa shape index (κ2) is 7.31. The highest BCUT2D eigenvalue weighted by Crippen LogP contribution is 2.42. The van der Waals surface area contributed by atoms with Crippen LogP contribution in [0.3, 0.4) is 0 Å². The maximum Gasteiger partial charge on any atom is 0.509 e. The Labute approximate surface area is 181 Å². The minimum absolute atomic E-state index is 0.0279. The third kappa shape index (κ3) is 3.45. The summed E-state index contributed by atoms with van der Waals surface area (Å²) < 4.78 is 29.1. The Kier molecular flexibility index (Phi) is 4.70. The summed E-state index contributed by atoms with van der Waals surface area (Å²) in [6.07, 6.45) is -2.46. The lowest BCUT2D eigenvalue weighted by atomic mass is 9.82. The van der Waals surface area contributed by atoms with Crippen molar-refractivity contribution in [2.24, 2.45) is 5.92 Å². The molecule has 3 heterocycles. The van der Waals surface area contributed by atoms with Gasteiger partial charge in [-0.15, -0.1) is 0 Å². The fraction of sp³-hybridized carbons (Fsp3) is 0.400. The van der Waals surface area contributed by atoms with Crippen LogP contribution in [0.5, 0.6) is 11.5 Å². The number of hydrogen-bond donors (Lipinski definition) is 0. The van der Waals surface area contributed by atoms with E-state index in [2.05, 4.69) is 19.1 Å². The molecule has 0 aromatic heterocycles. The standard InChI is InChI=1S/C25H26O6/c1-14-18-11-10-17(12-20(18)27-13-19(14)16-8-6-5-7-9-16)28-23-22-21(29-24(26)30-22)15(2)25(3,4)31-23/h5-12,15,21-23H,13H2,1-4H3. The highest BCUT2D eigenvalue weighted by molar-refractivity contribution is 5.93. The van der Waals surface area contributed by atoms with Gasteiger partial charge in [-0.25, -0.2) is 4.79 Å². The fourth-order valence-corrected chi connectivity index (χ4v) is 4.44. The molecule has 2 saturated heterocycles. The van der Waals surface area contributed by atoms with Crippen LogP contribution in [0.25, 0.3) is 11.1 Å². The van der Waals surface area contributed by atoms with E-state index in [0.717, 1.165) is 16.9 Å². The van der Waals surface area contributed by atoms with Crippen LogP contribution in [0, 0.1) is 5.92 Å². The van der Waals surface area contributed by atoms with Crippen LogP contribution in [0.1, 0.15) is 38.8 Å². The molecular weight excluding hydrogens is 396 g/mol. The first-order valence-electron chi connectivity index (χ1n) is 10.6. The zero-order chi connectivity index (χ0) is 21.8. The van der Waals surface area contributed by atoms with Crippen molar-refractivity contribution in [1.29, 1.82) is 0 Å². The Balaban J connectivity index is 1.41. The van der Waals surface area contributed by atoms with Crippen LogP contribution in [-0.4, -0.2) is 36.9 Å². The number of allylic oxidation sites excluding steroid dienone is 1. The Morgan fingerprint density at radius 3 is 2.55 bits per heavy atom. The summed E-state index contributed by atoms with van der Waals surface area (Å²) in [6, 6.07) is 16.0.